The minimum atomic E-state index is -0.306. The van der Waals surface area contributed by atoms with Gasteiger partial charge < -0.3 is 9.88 Å². The number of aromatic nitrogens is 1. The summed E-state index contributed by atoms with van der Waals surface area (Å²) in [5.41, 5.74) is 4.71. The Kier molecular flexibility index (Phi) is 5.33. The normalized spacial score (nSPS) is 11.1. The van der Waals surface area contributed by atoms with E-state index in [1.165, 1.54) is 23.3 Å². The molecule has 0 saturated heterocycles. The number of thiophene rings is 1. The maximum atomic E-state index is 13.4. The maximum Gasteiger partial charge on any atom is 0.268 e. The second kappa shape index (κ2) is 7.89. The molecule has 0 aliphatic rings. The molecule has 1 amide bonds. The van der Waals surface area contributed by atoms with Crippen LogP contribution in [0.4, 0.5) is 4.39 Å². The van der Waals surface area contributed by atoms with Crippen molar-refractivity contribution in [1.82, 2.24) is 9.88 Å². The fourth-order valence-corrected chi connectivity index (χ4v) is 4.81. The zero-order valence-electron chi connectivity index (χ0n) is 15.2. The lowest BCUT2D eigenvalue weighted by Crippen LogP contribution is -2.25. The number of nitrogens with one attached hydrogen (secondary N) is 1. The molecular formula is C22H18BrFN2OS. The zero-order chi connectivity index (χ0) is 19.7. The minimum Gasteiger partial charge on any atom is -0.347 e. The first kappa shape index (κ1) is 18.9. The number of aryl methyl sites for hydroxylation is 1. The maximum absolute atomic E-state index is 13.4. The summed E-state index contributed by atoms with van der Waals surface area (Å²) in [6.45, 7) is 2.97. The fourth-order valence-electron chi connectivity index (χ4n) is 3.25. The van der Waals surface area contributed by atoms with Crippen LogP contribution in [-0.2, 0) is 13.1 Å². The third-order valence-electron chi connectivity index (χ3n) is 4.72. The quantitative estimate of drug-likeness (QED) is 0.398. The Morgan fingerprint density at radius 2 is 1.96 bits per heavy atom. The summed E-state index contributed by atoms with van der Waals surface area (Å²) in [5.74, 6) is -0.475. The highest BCUT2D eigenvalue weighted by Crippen LogP contribution is 2.33. The topological polar surface area (TPSA) is 34.0 Å². The molecule has 28 heavy (non-hydrogen) atoms. The number of carbonyl (C=O) groups excluding carboxylic acids is 1. The Morgan fingerprint density at radius 3 is 2.75 bits per heavy atom. The van der Waals surface area contributed by atoms with Gasteiger partial charge in [0.05, 0.1) is 14.0 Å². The van der Waals surface area contributed by atoms with Crippen LogP contribution in [0.25, 0.3) is 10.2 Å². The van der Waals surface area contributed by atoms with Crippen molar-refractivity contribution in [2.24, 2.45) is 0 Å². The van der Waals surface area contributed by atoms with Crippen molar-refractivity contribution < 1.29 is 9.18 Å². The van der Waals surface area contributed by atoms with E-state index in [0.29, 0.717) is 12.2 Å². The van der Waals surface area contributed by atoms with E-state index in [1.807, 2.05) is 28.8 Å². The lowest BCUT2D eigenvalue weighted by atomic mass is 10.1. The number of benzene rings is 2. The first-order valence-corrected chi connectivity index (χ1v) is 10.5. The van der Waals surface area contributed by atoms with Crippen molar-refractivity contribution in [3.63, 3.8) is 0 Å². The van der Waals surface area contributed by atoms with E-state index in [1.54, 1.807) is 23.5 Å². The van der Waals surface area contributed by atoms with Crippen LogP contribution in [-0.4, -0.2) is 10.5 Å². The van der Waals surface area contributed by atoms with Crippen LogP contribution < -0.4 is 5.32 Å². The Balaban J connectivity index is 1.65. The van der Waals surface area contributed by atoms with Crippen LogP contribution >= 0.6 is 27.3 Å². The highest BCUT2D eigenvalue weighted by atomic mass is 79.9. The Labute approximate surface area is 174 Å². The van der Waals surface area contributed by atoms with Crippen molar-refractivity contribution in [2.45, 2.75) is 20.0 Å². The fraction of sp³-hybridized carbons (Fsp3) is 0.136. The SMILES string of the molecule is Cc1ccccc1Cn1c(C(=O)NCc2cccc(F)c2)cc2sc(Br)cc21. The summed E-state index contributed by atoms with van der Waals surface area (Å²) in [6, 6.07) is 18.4. The van der Waals surface area contributed by atoms with E-state index >= 15 is 0 Å². The van der Waals surface area contributed by atoms with E-state index in [9.17, 15) is 9.18 Å². The summed E-state index contributed by atoms with van der Waals surface area (Å²) >= 11 is 5.14. The molecule has 2 aromatic carbocycles. The number of rotatable bonds is 5. The van der Waals surface area contributed by atoms with Crippen molar-refractivity contribution in [3.05, 3.63) is 92.7 Å². The predicted octanol–water partition coefficient (Wildman–Crippen LogP) is 5.89. The molecule has 2 heterocycles. The van der Waals surface area contributed by atoms with Gasteiger partial charge in [-0.1, -0.05) is 36.4 Å². The van der Waals surface area contributed by atoms with Gasteiger partial charge in [-0.05, 0) is 63.8 Å². The summed E-state index contributed by atoms with van der Waals surface area (Å²) in [5, 5.41) is 2.92. The van der Waals surface area contributed by atoms with Crippen LogP contribution in [0, 0.1) is 12.7 Å². The molecule has 0 fully saturated rings. The average molecular weight is 457 g/mol. The van der Waals surface area contributed by atoms with E-state index in [0.717, 1.165) is 19.6 Å². The summed E-state index contributed by atoms with van der Waals surface area (Å²) in [7, 11) is 0. The lowest BCUT2D eigenvalue weighted by Gasteiger charge is -2.13. The van der Waals surface area contributed by atoms with E-state index in [2.05, 4.69) is 40.3 Å². The second-order valence-electron chi connectivity index (χ2n) is 6.65. The molecule has 3 nitrogen and oxygen atoms in total. The molecule has 142 valence electrons. The predicted molar refractivity (Wildman–Crippen MR) is 115 cm³/mol. The molecule has 0 atom stereocenters. The van der Waals surface area contributed by atoms with Gasteiger partial charge in [-0.25, -0.2) is 4.39 Å². The molecule has 6 heteroatoms. The second-order valence-corrected chi connectivity index (χ2v) is 9.12. The first-order valence-electron chi connectivity index (χ1n) is 8.87. The van der Waals surface area contributed by atoms with Gasteiger partial charge in [-0.3, -0.25) is 4.79 Å². The molecule has 0 aliphatic carbocycles. The van der Waals surface area contributed by atoms with E-state index in [-0.39, 0.29) is 18.3 Å². The van der Waals surface area contributed by atoms with Crippen molar-refractivity contribution in [3.8, 4) is 0 Å². The number of carbonyl (C=O) groups is 1. The van der Waals surface area contributed by atoms with Gasteiger partial charge in [-0.2, -0.15) is 0 Å². The highest BCUT2D eigenvalue weighted by Gasteiger charge is 2.18. The molecule has 1 N–H and O–H groups in total. The minimum absolute atomic E-state index is 0.169. The van der Waals surface area contributed by atoms with Crippen molar-refractivity contribution >= 4 is 43.4 Å². The largest absolute Gasteiger partial charge is 0.347 e. The number of amides is 1. The molecule has 0 unspecified atom stereocenters. The highest BCUT2D eigenvalue weighted by molar-refractivity contribution is 9.11. The van der Waals surface area contributed by atoms with Gasteiger partial charge in [-0.15, -0.1) is 11.3 Å². The standard InChI is InChI=1S/C22H18BrFN2OS/c1-14-5-2-3-7-16(14)13-26-18-11-21(23)28-20(18)10-19(26)22(27)25-12-15-6-4-8-17(24)9-15/h2-11H,12-13H2,1H3,(H,25,27). The molecule has 0 aliphatic heterocycles. The van der Waals surface area contributed by atoms with Gasteiger partial charge in [0, 0.05) is 13.1 Å². The lowest BCUT2D eigenvalue weighted by molar-refractivity contribution is 0.0942. The molecular weight excluding hydrogens is 439 g/mol. The van der Waals surface area contributed by atoms with Crippen LogP contribution in [0.15, 0.2) is 64.5 Å². The number of nitrogens with zero attached hydrogens (tertiary/aromatic N) is 1. The molecule has 0 spiro atoms. The van der Waals surface area contributed by atoms with Gasteiger partial charge in [0.25, 0.3) is 5.91 Å². The molecule has 4 rings (SSSR count). The molecule has 4 aromatic rings. The number of hydrogen-bond acceptors (Lipinski definition) is 2. The molecule has 2 aromatic heterocycles. The third-order valence-corrected chi connectivity index (χ3v) is 6.30. The zero-order valence-corrected chi connectivity index (χ0v) is 17.6. The van der Waals surface area contributed by atoms with Crippen LogP contribution in [0.3, 0.4) is 0 Å². The Morgan fingerprint density at radius 1 is 1.14 bits per heavy atom. The summed E-state index contributed by atoms with van der Waals surface area (Å²) in [6.07, 6.45) is 0. The molecule has 0 bridgehead atoms. The van der Waals surface area contributed by atoms with E-state index in [4.69, 9.17) is 0 Å². The third kappa shape index (κ3) is 3.88. The van der Waals surface area contributed by atoms with Crippen LogP contribution in [0.5, 0.6) is 0 Å². The van der Waals surface area contributed by atoms with Crippen LogP contribution in [0.2, 0.25) is 0 Å². The number of fused-ring (bicyclic) bond motifs is 1. The van der Waals surface area contributed by atoms with E-state index < -0.39 is 0 Å². The monoisotopic (exact) mass is 456 g/mol. The number of hydrogen-bond donors (Lipinski definition) is 1. The molecule has 0 radical (unpaired) electrons. The van der Waals surface area contributed by atoms with Gasteiger partial charge in [0.1, 0.15) is 11.5 Å². The van der Waals surface area contributed by atoms with Crippen molar-refractivity contribution in [1.29, 1.82) is 0 Å². The van der Waals surface area contributed by atoms with Crippen molar-refractivity contribution in [2.75, 3.05) is 0 Å². The smallest absolute Gasteiger partial charge is 0.268 e. The number of halogens is 2. The average Bonchev–Trinajstić information content (AvgIpc) is 3.18. The summed E-state index contributed by atoms with van der Waals surface area (Å²) < 4.78 is 17.5. The van der Waals surface area contributed by atoms with Gasteiger partial charge in [0.15, 0.2) is 0 Å². The van der Waals surface area contributed by atoms with Gasteiger partial charge in [0.2, 0.25) is 0 Å². The Bertz CT molecular complexity index is 1160. The first-order chi connectivity index (χ1) is 13.5. The summed E-state index contributed by atoms with van der Waals surface area (Å²) in [4.78, 5) is 12.9. The Hall–Kier alpha value is -2.44. The van der Waals surface area contributed by atoms with Gasteiger partial charge >= 0.3 is 0 Å². The molecule has 0 saturated carbocycles. The van der Waals surface area contributed by atoms with Crippen LogP contribution in [0.1, 0.15) is 27.2 Å².